The van der Waals surface area contributed by atoms with Crippen molar-refractivity contribution in [3.8, 4) is 0 Å². The number of hydrogen-bond donors (Lipinski definition) is 2. The molecular formula is C25H26N2O5. The molecule has 32 heavy (non-hydrogen) atoms. The van der Waals surface area contributed by atoms with Crippen LogP contribution in [0.15, 0.2) is 71.1 Å². The van der Waals surface area contributed by atoms with Crippen LogP contribution >= 0.6 is 0 Å². The molecule has 1 aliphatic rings. The average Bonchev–Trinajstić information content (AvgIpc) is 2.78. The van der Waals surface area contributed by atoms with Crippen LogP contribution in [0.2, 0.25) is 0 Å². The van der Waals surface area contributed by atoms with Crippen molar-refractivity contribution in [2.24, 2.45) is 0 Å². The first-order valence-electron chi connectivity index (χ1n) is 10.1. The Labute approximate surface area is 187 Å². The predicted molar refractivity (Wildman–Crippen MR) is 121 cm³/mol. The van der Waals surface area contributed by atoms with Crippen molar-refractivity contribution in [1.29, 1.82) is 0 Å². The maximum absolute atomic E-state index is 12.9. The largest absolute Gasteiger partial charge is 0.466 e. The van der Waals surface area contributed by atoms with Gasteiger partial charge in [0.2, 0.25) is 0 Å². The predicted octanol–water partition coefficient (Wildman–Crippen LogP) is 3.83. The molecule has 7 heteroatoms. The van der Waals surface area contributed by atoms with E-state index in [9.17, 15) is 14.4 Å². The van der Waals surface area contributed by atoms with E-state index in [4.69, 9.17) is 9.47 Å². The van der Waals surface area contributed by atoms with Crippen molar-refractivity contribution in [3.05, 3.63) is 87.8 Å². The highest BCUT2D eigenvalue weighted by Crippen LogP contribution is 2.42. The van der Waals surface area contributed by atoms with Gasteiger partial charge in [-0.2, -0.15) is 0 Å². The number of amides is 1. The summed E-state index contributed by atoms with van der Waals surface area (Å²) >= 11 is 0. The molecule has 2 aromatic carbocycles. The lowest BCUT2D eigenvalue weighted by atomic mass is 9.79. The fraction of sp³-hybridized carbons (Fsp3) is 0.240. The third-order valence-electron chi connectivity index (χ3n) is 5.40. The molecule has 2 aromatic rings. The van der Waals surface area contributed by atoms with E-state index in [1.54, 1.807) is 50.2 Å². The van der Waals surface area contributed by atoms with Crippen molar-refractivity contribution in [2.75, 3.05) is 19.5 Å². The second-order valence-corrected chi connectivity index (χ2v) is 7.53. The summed E-state index contributed by atoms with van der Waals surface area (Å²) in [7, 11) is 2.57. The first-order valence-corrected chi connectivity index (χ1v) is 10.1. The Bertz CT molecular complexity index is 1090. The molecule has 3 rings (SSSR count). The molecular weight excluding hydrogens is 408 g/mol. The molecule has 1 amide bonds. The van der Waals surface area contributed by atoms with E-state index >= 15 is 0 Å². The number of nitrogens with one attached hydrogen (secondary N) is 2. The zero-order valence-electron chi connectivity index (χ0n) is 18.7. The molecule has 166 valence electrons. The van der Waals surface area contributed by atoms with Gasteiger partial charge in [0, 0.05) is 22.6 Å². The number of dihydropyridines is 1. The van der Waals surface area contributed by atoms with Gasteiger partial charge in [0.1, 0.15) is 0 Å². The average molecular weight is 434 g/mol. The number of carbonyl (C=O) groups is 3. The van der Waals surface area contributed by atoms with E-state index in [-0.39, 0.29) is 17.1 Å². The van der Waals surface area contributed by atoms with Gasteiger partial charge in [-0.25, -0.2) is 9.59 Å². The molecule has 0 aromatic heterocycles. The number of aryl methyl sites for hydroxylation is 1. The van der Waals surface area contributed by atoms with Gasteiger partial charge >= 0.3 is 11.9 Å². The standard InChI is InChI=1S/C25H26N2O5/c1-14-10-12-17(13-11-14)23(28)27-19-9-7-6-8-18(19)22-20(24(29)31-4)15(2)26-16(3)21(22)25(30)32-5/h6-13,22,26H,1-5H3,(H,27,28). The summed E-state index contributed by atoms with van der Waals surface area (Å²) in [6.45, 7) is 5.43. The zero-order valence-corrected chi connectivity index (χ0v) is 18.7. The number of para-hydroxylation sites is 1. The van der Waals surface area contributed by atoms with Crippen molar-refractivity contribution in [1.82, 2.24) is 5.32 Å². The summed E-state index contributed by atoms with van der Waals surface area (Å²) in [5.41, 5.74) is 4.27. The van der Waals surface area contributed by atoms with E-state index in [0.29, 0.717) is 28.2 Å². The third kappa shape index (κ3) is 4.42. The maximum Gasteiger partial charge on any atom is 0.336 e. The van der Waals surface area contributed by atoms with Gasteiger partial charge in [-0.1, -0.05) is 35.9 Å². The maximum atomic E-state index is 12.9. The number of esters is 2. The molecule has 0 radical (unpaired) electrons. The minimum absolute atomic E-state index is 0.274. The Hall–Kier alpha value is -3.87. The molecule has 0 spiro atoms. The molecule has 0 aliphatic carbocycles. The van der Waals surface area contributed by atoms with Crippen LogP contribution in [0.25, 0.3) is 0 Å². The molecule has 0 fully saturated rings. The second-order valence-electron chi connectivity index (χ2n) is 7.53. The van der Waals surface area contributed by atoms with Crippen LogP contribution in [0, 0.1) is 6.92 Å². The quantitative estimate of drug-likeness (QED) is 0.695. The summed E-state index contributed by atoms with van der Waals surface area (Å²) in [6.07, 6.45) is 0. The number of ether oxygens (including phenoxy) is 2. The Morgan fingerprint density at radius 3 is 1.88 bits per heavy atom. The van der Waals surface area contributed by atoms with Gasteiger partial charge in [-0.05, 0) is 44.5 Å². The second kappa shape index (κ2) is 9.51. The highest BCUT2D eigenvalue weighted by Gasteiger charge is 2.38. The number of hydrogen-bond acceptors (Lipinski definition) is 6. The Morgan fingerprint density at radius 1 is 0.812 bits per heavy atom. The first kappa shape index (κ1) is 22.8. The number of rotatable bonds is 5. The lowest BCUT2D eigenvalue weighted by Gasteiger charge is -2.31. The molecule has 2 N–H and O–H groups in total. The van der Waals surface area contributed by atoms with Crippen molar-refractivity contribution < 1.29 is 23.9 Å². The number of benzene rings is 2. The van der Waals surface area contributed by atoms with Crippen LogP contribution in [0.4, 0.5) is 5.69 Å². The smallest absolute Gasteiger partial charge is 0.336 e. The molecule has 0 bridgehead atoms. The van der Waals surface area contributed by atoms with Crippen LogP contribution in [0.1, 0.15) is 41.3 Å². The lowest BCUT2D eigenvalue weighted by Crippen LogP contribution is -2.32. The summed E-state index contributed by atoms with van der Waals surface area (Å²) in [5, 5.41) is 5.99. The highest BCUT2D eigenvalue weighted by molar-refractivity contribution is 6.06. The van der Waals surface area contributed by atoms with Crippen LogP contribution in [0.3, 0.4) is 0 Å². The molecule has 0 unspecified atom stereocenters. The van der Waals surface area contributed by atoms with Gasteiger partial charge in [0.25, 0.3) is 5.91 Å². The molecule has 0 atom stereocenters. The molecule has 7 nitrogen and oxygen atoms in total. The summed E-state index contributed by atoms with van der Waals surface area (Å²) < 4.78 is 10.0. The molecule has 1 aliphatic heterocycles. The minimum atomic E-state index is -0.786. The topological polar surface area (TPSA) is 93.7 Å². The van der Waals surface area contributed by atoms with Crippen molar-refractivity contribution in [2.45, 2.75) is 26.7 Å². The molecule has 0 saturated carbocycles. The summed E-state index contributed by atoms with van der Waals surface area (Å²) in [4.78, 5) is 38.4. The summed E-state index contributed by atoms with van der Waals surface area (Å²) in [5.74, 6) is -2.24. The van der Waals surface area contributed by atoms with Gasteiger partial charge in [-0.3, -0.25) is 4.79 Å². The van der Waals surface area contributed by atoms with Crippen LogP contribution < -0.4 is 10.6 Å². The van der Waals surface area contributed by atoms with Crippen LogP contribution in [-0.4, -0.2) is 32.1 Å². The normalized spacial score (nSPS) is 14.0. The van der Waals surface area contributed by atoms with Crippen molar-refractivity contribution in [3.63, 3.8) is 0 Å². The van der Waals surface area contributed by atoms with E-state index in [1.807, 2.05) is 19.1 Å². The Kier molecular flexibility index (Phi) is 6.78. The van der Waals surface area contributed by atoms with E-state index in [0.717, 1.165) is 5.56 Å². The third-order valence-corrected chi connectivity index (χ3v) is 5.40. The SMILES string of the molecule is COC(=O)C1=C(C)NC(C)=C(C(=O)OC)C1c1ccccc1NC(=O)c1ccc(C)cc1. The van der Waals surface area contributed by atoms with Crippen molar-refractivity contribution >= 4 is 23.5 Å². The van der Waals surface area contributed by atoms with Gasteiger partial charge in [-0.15, -0.1) is 0 Å². The van der Waals surface area contributed by atoms with Gasteiger partial charge in [0.05, 0.1) is 31.3 Å². The summed E-state index contributed by atoms with van der Waals surface area (Å²) in [6, 6.07) is 14.3. The molecule has 1 heterocycles. The fourth-order valence-corrected chi connectivity index (χ4v) is 3.83. The number of anilines is 1. The van der Waals surface area contributed by atoms with E-state index in [1.165, 1.54) is 14.2 Å². The van der Waals surface area contributed by atoms with Crippen LogP contribution in [0.5, 0.6) is 0 Å². The Balaban J connectivity index is 2.13. The lowest BCUT2D eigenvalue weighted by molar-refractivity contribution is -0.137. The van der Waals surface area contributed by atoms with E-state index in [2.05, 4.69) is 10.6 Å². The first-order chi connectivity index (χ1) is 15.3. The Morgan fingerprint density at radius 2 is 1.34 bits per heavy atom. The number of methoxy groups -OCH3 is 2. The monoisotopic (exact) mass is 434 g/mol. The van der Waals surface area contributed by atoms with Gasteiger partial charge in [0.15, 0.2) is 0 Å². The van der Waals surface area contributed by atoms with Gasteiger partial charge < -0.3 is 20.1 Å². The highest BCUT2D eigenvalue weighted by atomic mass is 16.5. The number of carbonyl (C=O) groups excluding carboxylic acids is 3. The fourth-order valence-electron chi connectivity index (χ4n) is 3.83. The minimum Gasteiger partial charge on any atom is -0.466 e. The molecule has 0 saturated heterocycles. The zero-order chi connectivity index (χ0) is 23.4. The van der Waals surface area contributed by atoms with E-state index < -0.39 is 17.9 Å². The number of allylic oxidation sites excluding steroid dienone is 2. The van der Waals surface area contributed by atoms with Crippen LogP contribution in [-0.2, 0) is 19.1 Å².